The number of nitrogens with one attached hydrogen (secondary N) is 4. The van der Waals surface area contributed by atoms with Crippen molar-refractivity contribution >= 4 is 11.6 Å². The van der Waals surface area contributed by atoms with Crippen LogP contribution in [-0.4, -0.2) is 35.9 Å². The molecule has 3 aliphatic rings. The van der Waals surface area contributed by atoms with Crippen molar-refractivity contribution in [2.75, 3.05) is 13.1 Å². The normalized spacial score (nSPS) is 20.8. The molecule has 1 unspecified atom stereocenters. The van der Waals surface area contributed by atoms with Crippen molar-refractivity contribution in [3.8, 4) is 0 Å². The molecule has 3 aliphatic heterocycles. The summed E-state index contributed by atoms with van der Waals surface area (Å²) in [7, 11) is 0. The summed E-state index contributed by atoms with van der Waals surface area (Å²) in [4.78, 5) is 12.8. The molecule has 0 bridgehead atoms. The van der Waals surface area contributed by atoms with Crippen molar-refractivity contribution in [2.45, 2.75) is 19.3 Å². The number of allylic oxidation sites excluding steroid dienone is 2. The molecule has 1 amide bonds. The molecule has 7 nitrogen and oxygen atoms in total. The van der Waals surface area contributed by atoms with E-state index in [0.29, 0.717) is 18.1 Å². The van der Waals surface area contributed by atoms with E-state index in [1.807, 2.05) is 0 Å². The largest absolute Gasteiger partial charge is 0.417 e. The van der Waals surface area contributed by atoms with Gasteiger partial charge in [-0.15, -0.1) is 0 Å². The maximum atomic E-state index is 13.4. The van der Waals surface area contributed by atoms with E-state index < -0.39 is 23.8 Å². The highest BCUT2D eigenvalue weighted by Crippen LogP contribution is 2.34. The predicted octanol–water partition coefficient (Wildman–Crippen LogP) is 1.55. The number of hydrogen-bond donors (Lipinski definition) is 4. The van der Waals surface area contributed by atoms with E-state index in [-0.39, 0.29) is 17.0 Å². The summed E-state index contributed by atoms with van der Waals surface area (Å²) in [6.07, 6.45) is -0.0860. The Bertz CT molecular complexity index is 963. The lowest BCUT2D eigenvalue weighted by molar-refractivity contribution is -0.137. The molecule has 1 atom stereocenters. The van der Waals surface area contributed by atoms with Crippen LogP contribution < -0.4 is 21.3 Å². The number of benzene rings is 1. The third-order valence-corrected chi connectivity index (χ3v) is 4.67. The van der Waals surface area contributed by atoms with Crippen LogP contribution in [0.1, 0.15) is 18.1 Å². The Morgan fingerprint density at radius 3 is 2.79 bits per heavy atom. The van der Waals surface area contributed by atoms with Crippen LogP contribution in [0.4, 0.5) is 13.2 Å². The third-order valence-electron chi connectivity index (χ3n) is 4.67. The first-order valence-electron chi connectivity index (χ1n) is 9.03. The fourth-order valence-corrected chi connectivity index (χ4v) is 3.36. The highest BCUT2D eigenvalue weighted by Gasteiger charge is 2.37. The molecule has 0 radical (unpaired) electrons. The topological polar surface area (TPSA) is 80.8 Å². The lowest BCUT2D eigenvalue weighted by Gasteiger charge is -2.26. The van der Waals surface area contributed by atoms with Crippen LogP contribution in [0.5, 0.6) is 0 Å². The van der Waals surface area contributed by atoms with Crippen molar-refractivity contribution in [1.82, 2.24) is 26.3 Å². The van der Waals surface area contributed by atoms with Gasteiger partial charge in [-0.2, -0.15) is 18.3 Å². The van der Waals surface area contributed by atoms with Gasteiger partial charge in [0.15, 0.2) is 0 Å². The molecule has 10 heteroatoms. The number of amides is 1. The number of hydrogen-bond acceptors (Lipinski definition) is 6. The molecule has 0 aromatic heterocycles. The first-order valence-corrected chi connectivity index (χ1v) is 9.03. The van der Waals surface area contributed by atoms with E-state index in [9.17, 15) is 18.0 Å². The summed E-state index contributed by atoms with van der Waals surface area (Å²) in [5.41, 5.74) is 0.140. The maximum Gasteiger partial charge on any atom is 0.417 e. The molecular formula is C19H19F3N6O. The summed E-state index contributed by atoms with van der Waals surface area (Å²) >= 11 is 0. The van der Waals surface area contributed by atoms with Gasteiger partial charge >= 0.3 is 6.18 Å². The summed E-state index contributed by atoms with van der Waals surface area (Å²) in [6, 6.07) is 5.25. The van der Waals surface area contributed by atoms with Gasteiger partial charge in [0.1, 0.15) is 17.7 Å². The molecule has 0 aliphatic carbocycles. The van der Waals surface area contributed by atoms with Gasteiger partial charge in [0.2, 0.25) is 0 Å². The number of carbonyl (C=O) groups is 1. The Balaban J connectivity index is 1.65. The Morgan fingerprint density at radius 1 is 1.28 bits per heavy atom. The van der Waals surface area contributed by atoms with Crippen LogP contribution >= 0.6 is 0 Å². The molecule has 4 rings (SSSR count). The quantitative estimate of drug-likeness (QED) is 0.615. The van der Waals surface area contributed by atoms with Gasteiger partial charge in [-0.1, -0.05) is 18.2 Å². The van der Waals surface area contributed by atoms with Gasteiger partial charge in [-0.25, -0.2) is 5.01 Å². The maximum absolute atomic E-state index is 13.4. The van der Waals surface area contributed by atoms with E-state index in [4.69, 9.17) is 0 Å². The molecule has 1 aromatic carbocycles. The SMILES string of the molecule is CC1=C(C(=O)NC2=CNCCN2)N2N=C(c3ccccc3C(F)(F)F)C=CC2N1. The van der Waals surface area contributed by atoms with Crippen molar-refractivity contribution in [2.24, 2.45) is 5.10 Å². The number of hydrazone groups is 1. The van der Waals surface area contributed by atoms with E-state index in [1.54, 1.807) is 19.2 Å². The molecule has 29 heavy (non-hydrogen) atoms. The van der Waals surface area contributed by atoms with Gasteiger partial charge in [0.25, 0.3) is 5.91 Å². The second kappa shape index (κ2) is 7.19. The van der Waals surface area contributed by atoms with Crippen LogP contribution in [0.15, 0.2) is 64.9 Å². The van der Waals surface area contributed by atoms with Crippen molar-refractivity contribution in [3.05, 3.63) is 71.0 Å². The molecule has 0 saturated heterocycles. The molecule has 0 spiro atoms. The highest BCUT2D eigenvalue weighted by molar-refractivity contribution is 6.10. The monoisotopic (exact) mass is 404 g/mol. The Morgan fingerprint density at radius 2 is 2.07 bits per heavy atom. The molecular weight excluding hydrogens is 385 g/mol. The molecule has 3 heterocycles. The summed E-state index contributed by atoms with van der Waals surface area (Å²) in [5.74, 6) is 0.103. The predicted molar refractivity (Wildman–Crippen MR) is 101 cm³/mol. The van der Waals surface area contributed by atoms with Crippen LogP contribution in [0, 0.1) is 0 Å². The smallest absolute Gasteiger partial charge is 0.386 e. The van der Waals surface area contributed by atoms with Crippen molar-refractivity contribution < 1.29 is 18.0 Å². The van der Waals surface area contributed by atoms with Crippen LogP contribution in [-0.2, 0) is 11.0 Å². The summed E-state index contributed by atoms with van der Waals surface area (Å²) < 4.78 is 40.2. The fraction of sp³-hybridized carbons (Fsp3) is 0.263. The average molecular weight is 404 g/mol. The van der Waals surface area contributed by atoms with Crippen LogP contribution in [0.2, 0.25) is 0 Å². The minimum Gasteiger partial charge on any atom is -0.386 e. The lowest BCUT2D eigenvalue weighted by Crippen LogP contribution is -2.43. The Kier molecular flexibility index (Phi) is 4.69. The van der Waals surface area contributed by atoms with Gasteiger partial charge in [0, 0.05) is 30.5 Å². The standard InChI is InChI=1S/C19H19F3N6O/c1-11-17(18(29)26-15-10-23-8-9-24-15)28-16(25-11)7-6-14(27-28)12-4-2-3-5-13(12)19(20,21)22/h2-7,10,16,23-25H,8-9H2,1H3,(H,26,29). The summed E-state index contributed by atoms with van der Waals surface area (Å²) in [6.45, 7) is 3.13. The van der Waals surface area contributed by atoms with E-state index in [2.05, 4.69) is 26.4 Å². The molecule has 0 fully saturated rings. The van der Waals surface area contributed by atoms with Gasteiger partial charge in [-0.05, 0) is 25.1 Å². The zero-order valence-electron chi connectivity index (χ0n) is 15.5. The third kappa shape index (κ3) is 3.65. The van der Waals surface area contributed by atoms with E-state index in [1.165, 1.54) is 29.3 Å². The van der Waals surface area contributed by atoms with E-state index >= 15 is 0 Å². The Hall–Kier alpha value is -3.43. The number of rotatable bonds is 3. The number of fused-ring (bicyclic) bond motifs is 1. The fourth-order valence-electron chi connectivity index (χ4n) is 3.36. The minimum absolute atomic E-state index is 0.0418. The molecule has 152 valence electrons. The van der Waals surface area contributed by atoms with Crippen molar-refractivity contribution in [1.29, 1.82) is 0 Å². The molecule has 4 N–H and O–H groups in total. The van der Waals surface area contributed by atoms with Gasteiger partial charge in [-0.3, -0.25) is 4.79 Å². The average Bonchev–Trinajstić information content (AvgIpc) is 3.03. The highest BCUT2D eigenvalue weighted by atomic mass is 19.4. The van der Waals surface area contributed by atoms with Crippen LogP contribution in [0.25, 0.3) is 0 Å². The molecule has 1 aromatic rings. The first-order chi connectivity index (χ1) is 13.8. The van der Waals surface area contributed by atoms with Crippen LogP contribution in [0.3, 0.4) is 0 Å². The van der Waals surface area contributed by atoms with Gasteiger partial charge < -0.3 is 21.3 Å². The van der Waals surface area contributed by atoms with Crippen molar-refractivity contribution in [3.63, 3.8) is 0 Å². The lowest BCUT2D eigenvalue weighted by atomic mass is 10.0. The minimum atomic E-state index is -4.51. The summed E-state index contributed by atoms with van der Waals surface area (Å²) in [5, 5.41) is 17.7. The number of carbonyl (C=O) groups excluding carboxylic acids is 1. The number of nitrogens with zero attached hydrogens (tertiary/aromatic N) is 2. The number of halogens is 3. The first kappa shape index (κ1) is 18.9. The second-order valence-corrected chi connectivity index (χ2v) is 6.69. The van der Waals surface area contributed by atoms with Gasteiger partial charge in [0.05, 0.1) is 11.3 Å². The number of alkyl halides is 3. The van der Waals surface area contributed by atoms with E-state index in [0.717, 1.165) is 12.6 Å². The zero-order chi connectivity index (χ0) is 20.6. The zero-order valence-corrected chi connectivity index (χ0v) is 15.5. The molecule has 0 saturated carbocycles. The Labute approximate surface area is 165 Å². The second-order valence-electron chi connectivity index (χ2n) is 6.69.